The molecule has 1 saturated carbocycles. The molecule has 1 aromatic carbocycles. The minimum absolute atomic E-state index is 0.00199. The van der Waals surface area contributed by atoms with Crippen LogP contribution in [0.2, 0.25) is 0 Å². The van der Waals surface area contributed by atoms with Crippen LogP contribution < -0.4 is 5.32 Å². The Kier molecular flexibility index (Phi) is 5.05. The fourth-order valence-electron chi connectivity index (χ4n) is 2.62. The standard InChI is InChI=1S/C14H19F2NOS/c1-2-17-11-4-3-5-12(9-11)19(18)14-8-10(15)6-7-13(14)16/h6-8,11-12,17H,2-5,9H2,1H3. The summed E-state index contributed by atoms with van der Waals surface area (Å²) in [5.41, 5.74) is 0. The smallest absolute Gasteiger partial charge is 0.139 e. The van der Waals surface area contributed by atoms with E-state index in [1.807, 2.05) is 6.92 Å². The van der Waals surface area contributed by atoms with Crippen molar-refractivity contribution in [2.45, 2.75) is 48.8 Å². The highest BCUT2D eigenvalue weighted by atomic mass is 32.2. The molecule has 19 heavy (non-hydrogen) atoms. The van der Waals surface area contributed by atoms with E-state index in [1.54, 1.807) is 0 Å². The van der Waals surface area contributed by atoms with Crippen LogP contribution in [0.25, 0.3) is 0 Å². The van der Waals surface area contributed by atoms with Crippen molar-refractivity contribution in [3.63, 3.8) is 0 Å². The topological polar surface area (TPSA) is 29.1 Å². The minimum Gasteiger partial charge on any atom is -0.314 e. The van der Waals surface area contributed by atoms with Gasteiger partial charge in [-0.25, -0.2) is 8.78 Å². The van der Waals surface area contributed by atoms with Gasteiger partial charge in [-0.1, -0.05) is 13.3 Å². The second-order valence-electron chi connectivity index (χ2n) is 4.92. The summed E-state index contributed by atoms with van der Waals surface area (Å²) < 4.78 is 39.2. The SMILES string of the molecule is CCNC1CCCC(S(=O)c2cc(F)ccc2F)C1. The lowest BCUT2D eigenvalue weighted by Gasteiger charge is -2.29. The molecule has 1 aliphatic carbocycles. The molecule has 0 amide bonds. The van der Waals surface area contributed by atoms with Crippen LogP contribution >= 0.6 is 0 Å². The quantitative estimate of drug-likeness (QED) is 0.922. The molecule has 0 saturated heterocycles. The van der Waals surface area contributed by atoms with Crippen molar-refractivity contribution in [3.8, 4) is 0 Å². The highest BCUT2D eigenvalue weighted by Gasteiger charge is 2.28. The first-order chi connectivity index (χ1) is 9.11. The summed E-state index contributed by atoms with van der Waals surface area (Å²) in [6.07, 6.45) is 3.61. The van der Waals surface area contributed by atoms with Crippen LogP contribution in [0.3, 0.4) is 0 Å². The molecule has 1 N–H and O–H groups in total. The third kappa shape index (κ3) is 3.60. The predicted molar refractivity (Wildman–Crippen MR) is 72.5 cm³/mol. The Morgan fingerprint density at radius 1 is 1.37 bits per heavy atom. The Morgan fingerprint density at radius 2 is 2.16 bits per heavy atom. The molecule has 1 fully saturated rings. The third-order valence-electron chi connectivity index (χ3n) is 3.53. The van der Waals surface area contributed by atoms with E-state index in [0.717, 1.165) is 50.4 Å². The van der Waals surface area contributed by atoms with E-state index in [1.165, 1.54) is 0 Å². The summed E-state index contributed by atoms with van der Waals surface area (Å²) >= 11 is 0. The van der Waals surface area contributed by atoms with Crippen LogP contribution in [-0.4, -0.2) is 22.0 Å². The average molecular weight is 287 g/mol. The molecule has 0 aromatic heterocycles. The Hall–Kier alpha value is -0.810. The summed E-state index contributed by atoms with van der Waals surface area (Å²) in [5, 5.41) is 3.26. The molecule has 5 heteroatoms. The zero-order valence-electron chi connectivity index (χ0n) is 11.0. The fraction of sp³-hybridized carbons (Fsp3) is 0.571. The molecule has 0 spiro atoms. The third-order valence-corrected chi connectivity index (χ3v) is 5.31. The Morgan fingerprint density at radius 3 is 2.89 bits per heavy atom. The highest BCUT2D eigenvalue weighted by molar-refractivity contribution is 7.85. The molecule has 0 aliphatic heterocycles. The molecule has 0 radical (unpaired) electrons. The van der Waals surface area contributed by atoms with Gasteiger partial charge in [0, 0.05) is 11.3 Å². The first-order valence-corrected chi connectivity index (χ1v) is 7.92. The van der Waals surface area contributed by atoms with E-state index >= 15 is 0 Å². The molecule has 3 atom stereocenters. The first-order valence-electron chi connectivity index (χ1n) is 6.70. The normalized spacial score (nSPS) is 25.2. The number of rotatable bonds is 4. The van der Waals surface area contributed by atoms with Gasteiger partial charge >= 0.3 is 0 Å². The number of halogens is 2. The summed E-state index contributed by atoms with van der Waals surface area (Å²) in [6.45, 7) is 2.91. The van der Waals surface area contributed by atoms with Crippen LogP contribution in [0.4, 0.5) is 8.78 Å². The van der Waals surface area contributed by atoms with Gasteiger partial charge in [-0.2, -0.15) is 0 Å². The summed E-state index contributed by atoms with van der Waals surface area (Å²) in [4.78, 5) is 0.00199. The maximum atomic E-state index is 13.6. The molecule has 1 aliphatic rings. The van der Waals surface area contributed by atoms with Crippen molar-refractivity contribution in [1.82, 2.24) is 5.32 Å². The molecule has 0 bridgehead atoms. The minimum atomic E-state index is -1.47. The van der Waals surface area contributed by atoms with Crippen molar-refractivity contribution >= 4 is 10.8 Å². The van der Waals surface area contributed by atoms with Crippen molar-refractivity contribution in [2.24, 2.45) is 0 Å². The summed E-state index contributed by atoms with van der Waals surface area (Å²) in [5.74, 6) is -1.12. The van der Waals surface area contributed by atoms with Crippen LogP contribution in [-0.2, 0) is 10.8 Å². The van der Waals surface area contributed by atoms with Gasteiger partial charge in [0.15, 0.2) is 0 Å². The number of hydrogen-bond donors (Lipinski definition) is 1. The molecule has 3 unspecified atom stereocenters. The Bertz CT molecular complexity index is 465. The molecule has 2 nitrogen and oxygen atoms in total. The maximum Gasteiger partial charge on any atom is 0.139 e. The van der Waals surface area contributed by atoms with Gasteiger partial charge in [0.05, 0.1) is 15.7 Å². The lowest BCUT2D eigenvalue weighted by atomic mass is 9.95. The van der Waals surface area contributed by atoms with Crippen molar-refractivity contribution < 1.29 is 13.0 Å². The van der Waals surface area contributed by atoms with Gasteiger partial charge in [0.1, 0.15) is 11.6 Å². The molecule has 106 valence electrons. The van der Waals surface area contributed by atoms with Gasteiger partial charge in [0.2, 0.25) is 0 Å². The van der Waals surface area contributed by atoms with E-state index < -0.39 is 22.4 Å². The van der Waals surface area contributed by atoms with E-state index in [2.05, 4.69) is 5.32 Å². The maximum absolute atomic E-state index is 13.6. The van der Waals surface area contributed by atoms with Crippen LogP contribution in [0, 0.1) is 11.6 Å². The highest BCUT2D eigenvalue weighted by Crippen LogP contribution is 2.27. The molecule has 1 aromatic rings. The molecular weight excluding hydrogens is 268 g/mol. The van der Waals surface area contributed by atoms with Crippen LogP contribution in [0.5, 0.6) is 0 Å². The second-order valence-corrected chi connectivity index (χ2v) is 6.62. The predicted octanol–water partition coefficient (Wildman–Crippen LogP) is 2.99. The lowest BCUT2D eigenvalue weighted by Crippen LogP contribution is -2.37. The van der Waals surface area contributed by atoms with Gasteiger partial charge in [-0.15, -0.1) is 0 Å². The zero-order valence-corrected chi connectivity index (χ0v) is 11.8. The summed E-state index contributed by atoms with van der Waals surface area (Å²) in [6, 6.07) is 3.50. The Balaban J connectivity index is 2.12. The number of benzene rings is 1. The average Bonchev–Trinajstić information content (AvgIpc) is 2.41. The van der Waals surface area contributed by atoms with E-state index in [4.69, 9.17) is 0 Å². The van der Waals surface area contributed by atoms with E-state index in [-0.39, 0.29) is 10.1 Å². The van der Waals surface area contributed by atoms with Gasteiger partial charge in [-0.05, 0) is 44.0 Å². The lowest BCUT2D eigenvalue weighted by molar-refractivity contribution is 0.383. The zero-order chi connectivity index (χ0) is 13.8. The van der Waals surface area contributed by atoms with Crippen LogP contribution in [0.1, 0.15) is 32.6 Å². The molecule has 2 rings (SSSR count). The van der Waals surface area contributed by atoms with E-state index in [0.29, 0.717) is 6.04 Å². The van der Waals surface area contributed by atoms with E-state index in [9.17, 15) is 13.0 Å². The Labute approximate surface area is 115 Å². The second kappa shape index (κ2) is 6.57. The molecular formula is C14H19F2NOS. The van der Waals surface area contributed by atoms with Crippen molar-refractivity contribution in [3.05, 3.63) is 29.8 Å². The van der Waals surface area contributed by atoms with Gasteiger partial charge < -0.3 is 5.32 Å². The van der Waals surface area contributed by atoms with Crippen LogP contribution in [0.15, 0.2) is 23.1 Å². The van der Waals surface area contributed by atoms with Gasteiger partial charge in [-0.3, -0.25) is 4.21 Å². The van der Waals surface area contributed by atoms with Crippen molar-refractivity contribution in [1.29, 1.82) is 0 Å². The number of hydrogen-bond acceptors (Lipinski definition) is 2. The molecule has 0 heterocycles. The first kappa shape index (κ1) is 14.6. The van der Waals surface area contributed by atoms with Gasteiger partial charge in [0.25, 0.3) is 0 Å². The monoisotopic (exact) mass is 287 g/mol. The number of nitrogens with one attached hydrogen (secondary N) is 1. The largest absolute Gasteiger partial charge is 0.314 e. The van der Waals surface area contributed by atoms with Crippen molar-refractivity contribution in [2.75, 3.05) is 6.54 Å². The summed E-state index contributed by atoms with van der Waals surface area (Å²) in [7, 11) is -1.47. The fourth-order valence-corrected chi connectivity index (χ4v) is 4.26.